The Balaban J connectivity index is 2.14. The summed E-state index contributed by atoms with van der Waals surface area (Å²) in [6, 6.07) is 7.25. The van der Waals surface area contributed by atoms with E-state index in [1.54, 1.807) is 18.3 Å². The zero-order valence-corrected chi connectivity index (χ0v) is 10.9. The molecular formula is C13H15ClN2O. The van der Waals surface area contributed by atoms with Gasteiger partial charge in [0.05, 0.1) is 17.9 Å². The average molecular weight is 251 g/mol. The fourth-order valence-corrected chi connectivity index (χ4v) is 1.49. The molecule has 0 aliphatic rings. The first kappa shape index (κ1) is 12.0. The molecule has 3 nitrogen and oxygen atoms in total. The van der Waals surface area contributed by atoms with E-state index in [1.165, 1.54) is 0 Å². The fourth-order valence-electron chi connectivity index (χ4n) is 1.36. The van der Waals surface area contributed by atoms with Gasteiger partial charge >= 0.3 is 0 Å². The van der Waals surface area contributed by atoms with Gasteiger partial charge in [0, 0.05) is 5.02 Å². The summed E-state index contributed by atoms with van der Waals surface area (Å²) in [4.78, 5) is 0. The van der Waals surface area contributed by atoms with E-state index in [9.17, 15) is 0 Å². The third-order valence-corrected chi connectivity index (χ3v) is 2.55. The number of halogens is 1. The van der Waals surface area contributed by atoms with Crippen molar-refractivity contribution in [2.45, 2.75) is 26.3 Å². The smallest absolute Gasteiger partial charge is 0.165 e. The van der Waals surface area contributed by atoms with Crippen LogP contribution in [0.3, 0.4) is 0 Å². The predicted molar refractivity (Wildman–Crippen MR) is 68.7 cm³/mol. The van der Waals surface area contributed by atoms with Crippen LogP contribution in [-0.2, 0) is 5.54 Å². The number of nitrogens with zero attached hydrogens (tertiary/aromatic N) is 2. The number of hydrogen-bond acceptors (Lipinski definition) is 2. The number of hydrogen-bond donors (Lipinski definition) is 0. The number of aromatic nitrogens is 2. The monoisotopic (exact) mass is 250 g/mol. The normalized spacial score (nSPS) is 11.5. The molecule has 1 aromatic carbocycles. The molecule has 90 valence electrons. The van der Waals surface area contributed by atoms with Crippen molar-refractivity contribution in [3.8, 4) is 11.5 Å². The molecule has 0 saturated heterocycles. The third kappa shape index (κ3) is 3.01. The number of rotatable bonds is 2. The number of benzene rings is 1. The second-order valence-corrected chi connectivity index (χ2v) is 5.28. The second kappa shape index (κ2) is 4.41. The summed E-state index contributed by atoms with van der Waals surface area (Å²) >= 11 is 5.81. The Morgan fingerprint density at radius 2 is 1.76 bits per heavy atom. The van der Waals surface area contributed by atoms with Crippen LogP contribution in [0.5, 0.6) is 11.5 Å². The molecule has 1 heterocycles. The van der Waals surface area contributed by atoms with Gasteiger partial charge in [0.2, 0.25) is 0 Å². The summed E-state index contributed by atoms with van der Waals surface area (Å²) < 4.78 is 7.54. The van der Waals surface area contributed by atoms with Gasteiger partial charge in [0.15, 0.2) is 5.75 Å². The molecule has 4 heteroatoms. The van der Waals surface area contributed by atoms with Crippen molar-refractivity contribution >= 4 is 11.6 Å². The molecule has 17 heavy (non-hydrogen) atoms. The Morgan fingerprint density at radius 1 is 1.12 bits per heavy atom. The van der Waals surface area contributed by atoms with E-state index in [2.05, 4.69) is 25.9 Å². The molecule has 2 rings (SSSR count). The molecular weight excluding hydrogens is 236 g/mol. The van der Waals surface area contributed by atoms with E-state index in [0.717, 1.165) is 11.5 Å². The van der Waals surface area contributed by atoms with Crippen molar-refractivity contribution in [2.24, 2.45) is 0 Å². The van der Waals surface area contributed by atoms with Crippen molar-refractivity contribution in [2.75, 3.05) is 0 Å². The zero-order valence-electron chi connectivity index (χ0n) is 10.1. The second-order valence-electron chi connectivity index (χ2n) is 4.85. The van der Waals surface area contributed by atoms with Crippen LogP contribution in [-0.4, -0.2) is 9.78 Å². The van der Waals surface area contributed by atoms with E-state index in [4.69, 9.17) is 16.3 Å². The summed E-state index contributed by atoms with van der Waals surface area (Å²) in [6.07, 6.45) is 3.59. The lowest BCUT2D eigenvalue weighted by atomic mass is 10.1. The molecule has 0 bridgehead atoms. The van der Waals surface area contributed by atoms with E-state index in [1.807, 2.05) is 23.0 Å². The topological polar surface area (TPSA) is 27.1 Å². The van der Waals surface area contributed by atoms with Gasteiger partial charge in [-0.15, -0.1) is 0 Å². The van der Waals surface area contributed by atoms with Crippen molar-refractivity contribution in [3.63, 3.8) is 0 Å². The molecule has 0 spiro atoms. The first-order valence-corrected chi connectivity index (χ1v) is 5.81. The molecule has 0 fully saturated rings. The fraction of sp³-hybridized carbons (Fsp3) is 0.308. The Bertz CT molecular complexity index is 497. The first-order chi connectivity index (χ1) is 7.95. The van der Waals surface area contributed by atoms with Gasteiger partial charge in [-0.05, 0) is 45.0 Å². The van der Waals surface area contributed by atoms with Gasteiger partial charge in [-0.2, -0.15) is 5.10 Å². The molecule has 0 unspecified atom stereocenters. The highest BCUT2D eigenvalue weighted by molar-refractivity contribution is 6.30. The highest BCUT2D eigenvalue weighted by Gasteiger charge is 2.14. The molecule has 0 aliphatic heterocycles. The van der Waals surface area contributed by atoms with E-state index in [-0.39, 0.29) is 5.54 Å². The summed E-state index contributed by atoms with van der Waals surface area (Å²) in [5.74, 6) is 1.48. The predicted octanol–water partition coefficient (Wildman–Crippen LogP) is 4.08. The lowest BCUT2D eigenvalue weighted by Gasteiger charge is -2.18. The van der Waals surface area contributed by atoms with Gasteiger partial charge in [0.25, 0.3) is 0 Å². The van der Waals surface area contributed by atoms with Gasteiger partial charge in [0.1, 0.15) is 5.75 Å². The van der Waals surface area contributed by atoms with Crippen LogP contribution in [0.1, 0.15) is 20.8 Å². The largest absolute Gasteiger partial charge is 0.454 e. The van der Waals surface area contributed by atoms with Crippen LogP contribution >= 0.6 is 11.6 Å². The van der Waals surface area contributed by atoms with Crippen LogP contribution in [0.4, 0.5) is 0 Å². The minimum absolute atomic E-state index is 0.0401. The van der Waals surface area contributed by atoms with Crippen molar-refractivity contribution in [3.05, 3.63) is 41.7 Å². The van der Waals surface area contributed by atoms with E-state index < -0.39 is 0 Å². The van der Waals surface area contributed by atoms with E-state index >= 15 is 0 Å². The molecule has 0 atom stereocenters. The maximum absolute atomic E-state index is 5.81. The van der Waals surface area contributed by atoms with Gasteiger partial charge in [-0.1, -0.05) is 11.6 Å². The number of ether oxygens (including phenoxy) is 1. The van der Waals surface area contributed by atoms with Gasteiger partial charge in [-0.3, -0.25) is 4.68 Å². The lowest BCUT2D eigenvalue weighted by Crippen LogP contribution is -2.21. The van der Waals surface area contributed by atoms with Crippen molar-refractivity contribution in [1.82, 2.24) is 9.78 Å². The summed E-state index contributed by atoms with van der Waals surface area (Å²) in [6.45, 7) is 6.27. The highest BCUT2D eigenvalue weighted by Crippen LogP contribution is 2.24. The molecule has 0 radical (unpaired) electrons. The summed E-state index contributed by atoms with van der Waals surface area (Å²) in [5, 5.41) is 4.96. The van der Waals surface area contributed by atoms with Crippen LogP contribution in [0, 0.1) is 0 Å². The summed E-state index contributed by atoms with van der Waals surface area (Å²) in [5.41, 5.74) is -0.0401. The van der Waals surface area contributed by atoms with Crippen LogP contribution < -0.4 is 4.74 Å². The standard InChI is InChI=1S/C13H15ClN2O/c1-13(2,3)16-9-12(8-15-16)17-11-6-4-10(14)5-7-11/h4-9H,1-3H3. The maximum Gasteiger partial charge on any atom is 0.165 e. The molecule has 0 aliphatic carbocycles. The Morgan fingerprint density at radius 3 is 2.29 bits per heavy atom. The average Bonchev–Trinajstić information content (AvgIpc) is 2.69. The van der Waals surface area contributed by atoms with E-state index in [0.29, 0.717) is 5.02 Å². The molecule has 2 aromatic rings. The van der Waals surface area contributed by atoms with Gasteiger partial charge in [-0.25, -0.2) is 0 Å². The van der Waals surface area contributed by atoms with Crippen LogP contribution in [0.25, 0.3) is 0 Å². The van der Waals surface area contributed by atoms with Gasteiger partial charge < -0.3 is 4.74 Å². The minimum atomic E-state index is -0.0401. The lowest BCUT2D eigenvalue weighted by molar-refractivity contribution is 0.353. The quantitative estimate of drug-likeness (QED) is 0.803. The Kier molecular flexibility index (Phi) is 3.11. The summed E-state index contributed by atoms with van der Waals surface area (Å²) in [7, 11) is 0. The minimum Gasteiger partial charge on any atom is -0.454 e. The van der Waals surface area contributed by atoms with Crippen molar-refractivity contribution in [1.29, 1.82) is 0 Å². The first-order valence-electron chi connectivity index (χ1n) is 5.44. The Labute approximate surface area is 106 Å². The maximum atomic E-state index is 5.81. The third-order valence-electron chi connectivity index (χ3n) is 2.30. The molecule has 0 N–H and O–H groups in total. The highest BCUT2D eigenvalue weighted by atomic mass is 35.5. The van der Waals surface area contributed by atoms with Crippen LogP contribution in [0.15, 0.2) is 36.7 Å². The molecule has 1 aromatic heterocycles. The SMILES string of the molecule is CC(C)(C)n1cc(Oc2ccc(Cl)cc2)cn1. The Hall–Kier alpha value is -1.48. The molecule has 0 amide bonds. The van der Waals surface area contributed by atoms with Crippen LogP contribution in [0.2, 0.25) is 5.02 Å². The van der Waals surface area contributed by atoms with Crippen molar-refractivity contribution < 1.29 is 4.74 Å². The zero-order chi connectivity index (χ0) is 12.5. The molecule has 0 saturated carbocycles.